The molecule has 1 aliphatic heterocycles. The van der Waals surface area contributed by atoms with Crippen LogP contribution in [0.4, 0.5) is 5.69 Å². The maximum Gasteiger partial charge on any atom is 0.236 e. The largest absolute Gasteiger partial charge is 0.324 e. The van der Waals surface area contributed by atoms with Crippen molar-refractivity contribution in [1.82, 2.24) is 4.98 Å². The summed E-state index contributed by atoms with van der Waals surface area (Å²) in [7, 11) is 0.961. The molecular formula is C12H15BN2O. The lowest BCUT2D eigenvalue weighted by atomic mass is 9.73. The molecule has 4 heteroatoms. The van der Waals surface area contributed by atoms with Crippen molar-refractivity contribution in [3.63, 3.8) is 0 Å². The van der Waals surface area contributed by atoms with E-state index in [1.807, 2.05) is 6.20 Å². The van der Waals surface area contributed by atoms with E-state index in [1.54, 1.807) is 0 Å². The SMILES string of the molecule is CBc1cnc2c(c1)NC(=O)C21CCCC1. The quantitative estimate of drug-likeness (QED) is 0.707. The van der Waals surface area contributed by atoms with Gasteiger partial charge in [0.1, 0.15) is 0 Å². The van der Waals surface area contributed by atoms with Crippen molar-refractivity contribution in [2.45, 2.75) is 37.9 Å². The summed E-state index contributed by atoms with van der Waals surface area (Å²) in [5.41, 5.74) is 2.84. The topological polar surface area (TPSA) is 42.0 Å². The molecule has 1 amide bonds. The van der Waals surface area contributed by atoms with Crippen LogP contribution in [0.5, 0.6) is 0 Å². The van der Waals surface area contributed by atoms with Crippen LogP contribution in [0.3, 0.4) is 0 Å². The van der Waals surface area contributed by atoms with Gasteiger partial charge in [-0.05, 0) is 18.9 Å². The number of hydrogen-bond acceptors (Lipinski definition) is 2. The van der Waals surface area contributed by atoms with E-state index in [0.29, 0.717) is 0 Å². The zero-order valence-corrected chi connectivity index (χ0v) is 9.55. The minimum absolute atomic E-state index is 0.167. The van der Waals surface area contributed by atoms with Crippen LogP contribution in [0, 0.1) is 0 Å². The van der Waals surface area contributed by atoms with Gasteiger partial charge >= 0.3 is 0 Å². The van der Waals surface area contributed by atoms with Crippen molar-refractivity contribution < 1.29 is 4.79 Å². The minimum Gasteiger partial charge on any atom is -0.324 e. The lowest BCUT2D eigenvalue weighted by molar-refractivity contribution is -0.120. The van der Waals surface area contributed by atoms with E-state index in [1.165, 1.54) is 5.46 Å². The first-order valence-electron chi connectivity index (χ1n) is 6.07. The number of nitrogens with one attached hydrogen (secondary N) is 1. The minimum atomic E-state index is -0.290. The number of rotatable bonds is 1. The highest BCUT2D eigenvalue weighted by atomic mass is 16.2. The third-order valence-electron chi connectivity index (χ3n) is 3.95. The van der Waals surface area contributed by atoms with E-state index in [2.05, 4.69) is 23.2 Å². The normalized spacial score (nSPS) is 20.9. The number of nitrogens with zero attached hydrogens (tertiary/aromatic N) is 1. The summed E-state index contributed by atoms with van der Waals surface area (Å²) in [4.78, 5) is 16.6. The molecule has 0 atom stereocenters. The maximum absolute atomic E-state index is 12.1. The van der Waals surface area contributed by atoms with E-state index < -0.39 is 0 Å². The first-order valence-corrected chi connectivity index (χ1v) is 6.07. The van der Waals surface area contributed by atoms with Crippen molar-refractivity contribution in [3.8, 4) is 0 Å². The van der Waals surface area contributed by atoms with Gasteiger partial charge in [-0.2, -0.15) is 0 Å². The van der Waals surface area contributed by atoms with Gasteiger partial charge in [0.25, 0.3) is 0 Å². The third-order valence-corrected chi connectivity index (χ3v) is 3.95. The van der Waals surface area contributed by atoms with Gasteiger partial charge in [0.15, 0.2) is 7.28 Å². The van der Waals surface area contributed by atoms with Gasteiger partial charge in [-0.1, -0.05) is 25.1 Å². The summed E-state index contributed by atoms with van der Waals surface area (Å²) < 4.78 is 0. The number of aromatic nitrogens is 1. The Kier molecular flexibility index (Phi) is 2.06. The fourth-order valence-electron chi connectivity index (χ4n) is 2.97. The van der Waals surface area contributed by atoms with Crippen LogP contribution in [0.25, 0.3) is 0 Å². The van der Waals surface area contributed by atoms with Crippen LogP contribution in [-0.4, -0.2) is 18.2 Å². The van der Waals surface area contributed by atoms with Crippen molar-refractivity contribution in [1.29, 1.82) is 0 Å². The number of hydrogen-bond donors (Lipinski definition) is 1. The van der Waals surface area contributed by atoms with Crippen molar-refractivity contribution in [3.05, 3.63) is 18.0 Å². The zero-order chi connectivity index (χ0) is 11.2. The highest BCUT2D eigenvalue weighted by Crippen LogP contribution is 2.47. The van der Waals surface area contributed by atoms with Crippen molar-refractivity contribution in [2.75, 3.05) is 5.32 Å². The maximum atomic E-state index is 12.1. The molecule has 0 aromatic carbocycles. The summed E-state index contributed by atoms with van der Waals surface area (Å²) >= 11 is 0. The second kappa shape index (κ2) is 3.34. The molecule has 16 heavy (non-hydrogen) atoms. The van der Waals surface area contributed by atoms with Crippen LogP contribution in [0.1, 0.15) is 31.4 Å². The Hall–Kier alpha value is -1.32. The molecule has 1 fully saturated rings. The third kappa shape index (κ3) is 1.16. The molecule has 2 heterocycles. The Labute approximate surface area is 95.9 Å². The summed E-state index contributed by atoms with van der Waals surface area (Å²) in [6, 6.07) is 2.08. The van der Waals surface area contributed by atoms with Crippen LogP contribution in [-0.2, 0) is 10.2 Å². The van der Waals surface area contributed by atoms with Gasteiger partial charge in [0.05, 0.1) is 16.8 Å². The van der Waals surface area contributed by atoms with Crippen molar-refractivity contribution in [2.24, 2.45) is 0 Å². The smallest absolute Gasteiger partial charge is 0.236 e. The fraction of sp³-hybridized carbons (Fsp3) is 0.500. The molecule has 1 saturated carbocycles. The average molecular weight is 214 g/mol. The van der Waals surface area contributed by atoms with Gasteiger partial charge in [-0.25, -0.2) is 0 Å². The molecule has 0 unspecified atom stereocenters. The van der Waals surface area contributed by atoms with Gasteiger partial charge in [-0.3, -0.25) is 9.78 Å². The zero-order valence-electron chi connectivity index (χ0n) is 9.55. The Balaban J connectivity index is 2.11. The first kappa shape index (κ1) is 9.88. The average Bonchev–Trinajstić information content (AvgIpc) is 2.88. The van der Waals surface area contributed by atoms with Crippen LogP contribution >= 0.6 is 0 Å². The van der Waals surface area contributed by atoms with E-state index in [0.717, 1.165) is 44.3 Å². The molecule has 1 aromatic heterocycles. The summed E-state index contributed by atoms with van der Waals surface area (Å²) in [6.45, 7) is 2.10. The summed E-state index contributed by atoms with van der Waals surface area (Å²) in [5.74, 6) is 0.167. The molecule has 1 aromatic rings. The molecule has 3 rings (SSSR count). The molecule has 2 aliphatic rings. The molecule has 82 valence electrons. The van der Waals surface area contributed by atoms with Crippen LogP contribution in [0.15, 0.2) is 12.3 Å². The first-order chi connectivity index (χ1) is 7.76. The van der Waals surface area contributed by atoms with Gasteiger partial charge in [0.2, 0.25) is 5.91 Å². The monoisotopic (exact) mass is 214 g/mol. The second-order valence-electron chi connectivity index (χ2n) is 4.84. The van der Waals surface area contributed by atoms with Gasteiger partial charge in [-0.15, -0.1) is 0 Å². The summed E-state index contributed by atoms with van der Waals surface area (Å²) in [5, 5.41) is 3.00. The van der Waals surface area contributed by atoms with Gasteiger partial charge in [0, 0.05) is 6.20 Å². The molecule has 1 aliphatic carbocycles. The fourth-order valence-corrected chi connectivity index (χ4v) is 2.97. The molecule has 0 bridgehead atoms. The van der Waals surface area contributed by atoms with Crippen molar-refractivity contribution >= 4 is 24.3 Å². The van der Waals surface area contributed by atoms with Gasteiger partial charge < -0.3 is 5.32 Å². The Bertz CT molecular complexity index is 452. The predicted octanol–water partition coefficient (Wildman–Crippen LogP) is 0.955. The Morgan fingerprint density at radius 2 is 2.19 bits per heavy atom. The summed E-state index contributed by atoms with van der Waals surface area (Å²) in [6.07, 6.45) is 6.13. The van der Waals surface area contributed by atoms with E-state index in [-0.39, 0.29) is 11.3 Å². The molecule has 0 radical (unpaired) electrons. The highest BCUT2D eigenvalue weighted by Gasteiger charge is 2.49. The number of fused-ring (bicyclic) bond motifs is 2. The standard InChI is InChI=1S/C12H15BN2O/c1-13-8-6-9-10(14-7-8)12(11(16)15-9)4-2-3-5-12/h6-7,13H,2-5H2,1H3,(H,15,16). The number of amides is 1. The second-order valence-corrected chi connectivity index (χ2v) is 4.84. The predicted molar refractivity (Wildman–Crippen MR) is 65.7 cm³/mol. The molecule has 1 spiro atoms. The Morgan fingerprint density at radius 3 is 2.88 bits per heavy atom. The Morgan fingerprint density at radius 1 is 1.44 bits per heavy atom. The molecule has 0 saturated heterocycles. The number of anilines is 1. The number of pyridine rings is 1. The number of carbonyl (C=O) groups is 1. The van der Waals surface area contributed by atoms with Crippen LogP contribution in [0.2, 0.25) is 6.82 Å². The van der Waals surface area contributed by atoms with E-state index in [4.69, 9.17) is 0 Å². The lowest BCUT2D eigenvalue weighted by Gasteiger charge is -2.19. The molecule has 1 N–H and O–H groups in total. The number of carbonyl (C=O) groups excluding carboxylic acids is 1. The van der Waals surface area contributed by atoms with E-state index in [9.17, 15) is 4.79 Å². The highest BCUT2D eigenvalue weighted by molar-refractivity contribution is 6.52. The molecular weight excluding hydrogens is 199 g/mol. The van der Waals surface area contributed by atoms with E-state index >= 15 is 0 Å². The molecule has 3 nitrogen and oxygen atoms in total. The van der Waals surface area contributed by atoms with Crippen LogP contribution < -0.4 is 10.8 Å². The lowest BCUT2D eigenvalue weighted by Crippen LogP contribution is -2.31.